The molecule has 0 saturated heterocycles. The van der Waals surface area contributed by atoms with E-state index in [1.807, 2.05) is 24.3 Å². The molecule has 0 aliphatic rings. The zero-order chi connectivity index (χ0) is 11.5. The van der Waals surface area contributed by atoms with E-state index in [0.29, 0.717) is 4.88 Å². The lowest BCUT2D eigenvalue weighted by Crippen LogP contribution is -1.89. The highest BCUT2D eigenvalue weighted by Crippen LogP contribution is 2.19. The minimum Gasteiger partial charge on any atom is -0.493 e. The van der Waals surface area contributed by atoms with Gasteiger partial charge >= 0.3 is 4.87 Å². The summed E-state index contributed by atoms with van der Waals surface area (Å²) < 4.78 is 0.925. The van der Waals surface area contributed by atoms with Crippen molar-refractivity contribution in [3.63, 3.8) is 0 Å². The Bertz CT molecular complexity index is 589. The molecule has 16 heavy (non-hydrogen) atoms. The van der Waals surface area contributed by atoms with Gasteiger partial charge in [-0.05, 0) is 18.2 Å². The number of aromatic hydroxyl groups is 1. The first-order valence-corrected chi connectivity index (χ1v) is 5.98. The number of hydrogen-bond acceptors (Lipinski definition) is 4. The molecule has 0 atom stereocenters. The van der Waals surface area contributed by atoms with E-state index in [2.05, 4.69) is 25.9 Å². The van der Waals surface area contributed by atoms with E-state index in [9.17, 15) is 9.90 Å². The van der Waals surface area contributed by atoms with Crippen molar-refractivity contribution >= 4 is 39.2 Å². The third-order valence-electron chi connectivity index (χ3n) is 1.80. The van der Waals surface area contributed by atoms with Crippen molar-refractivity contribution in [1.29, 1.82) is 0 Å². The summed E-state index contributed by atoms with van der Waals surface area (Å²) in [4.78, 5) is 17.5. The fourth-order valence-corrected chi connectivity index (χ4v) is 2.10. The Morgan fingerprint density at radius 3 is 2.94 bits per heavy atom. The third-order valence-corrected chi connectivity index (χ3v) is 3.09. The number of rotatable bonds is 2. The lowest BCUT2D eigenvalue weighted by atomic mass is 10.3. The van der Waals surface area contributed by atoms with Gasteiger partial charge in [0.1, 0.15) is 4.88 Å². The Labute approximate surface area is 103 Å². The molecule has 2 N–H and O–H groups in total. The van der Waals surface area contributed by atoms with Crippen LogP contribution in [-0.4, -0.2) is 16.3 Å². The van der Waals surface area contributed by atoms with Crippen LogP contribution < -0.4 is 4.87 Å². The van der Waals surface area contributed by atoms with Crippen LogP contribution in [0.25, 0.3) is 0 Å². The second-order valence-electron chi connectivity index (χ2n) is 2.97. The van der Waals surface area contributed by atoms with Crippen LogP contribution in [-0.2, 0) is 0 Å². The Morgan fingerprint density at radius 1 is 1.50 bits per heavy atom. The maximum Gasteiger partial charge on any atom is 0.307 e. The van der Waals surface area contributed by atoms with E-state index in [4.69, 9.17) is 0 Å². The molecule has 0 unspecified atom stereocenters. The molecule has 1 aromatic carbocycles. The second-order valence-corrected chi connectivity index (χ2v) is 4.90. The summed E-state index contributed by atoms with van der Waals surface area (Å²) in [5, 5.41) is 9.32. The standard InChI is InChI=1S/C10H7BrN2O2S/c11-6-2-1-3-7(4-6)12-5-8-9(14)13-10(15)16-8/h1-5,14H,(H,13,15). The molecule has 6 heteroatoms. The van der Waals surface area contributed by atoms with Gasteiger partial charge < -0.3 is 5.11 Å². The zero-order valence-corrected chi connectivity index (χ0v) is 10.4. The molecule has 0 spiro atoms. The molecule has 2 rings (SSSR count). The number of hydrogen-bond donors (Lipinski definition) is 2. The van der Waals surface area contributed by atoms with Gasteiger partial charge in [0.25, 0.3) is 0 Å². The van der Waals surface area contributed by atoms with Crippen LogP contribution in [0.15, 0.2) is 38.5 Å². The Balaban J connectivity index is 2.28. The van der Waals surface area contributed by atoms with Gasteiger partial charge in [-0.25, -0.2) is 0 Å². The molecule has 82 valence electrons. The van der Waals surface area contributed by atoms with Gasteiger partial charge in [-0.2, -0.15) is 0 Å². The molecule has 1 aromatic heterocycles. The average molecular weight is 299 g/mol. The molecule has 0 saturated carbocycles. The average Bonchev–Trinajstić information content (AvgIpc) is 2.54. The lowest BCUT2D eigenvalue weighted by molar-refractivity contribution is 0.455. The SMILES string of the molecule is O=c1[nH]c(O)c(C=Nc2cccc(Br)c2)s1. The van der Waals surface area contributed by atoms with Crippen molar-refractivity contribution in [2.75, 3.05) is 0 Å². The van der Waals surface area contributed by atoms with Crippen LogP contribution in [0.3, 0.4) is 0 Å². The normalized spacial score (nSPS) is 11.1. The monoisotopic (exact) mass is 298 g/mol. The molecule has 2 aromatic rings. The summed E-state index contributed by atoms with van der Waals surface area (Å²) in [6, 6.07) is 7.41. The van der Waals surface area contributed by atoms with Crippen molar-refractivity contribution in [2.45, 2.75) is 0 Å². The van der Waals surface area contributed by atoms with Gasteiger partial charge in [0, 0.05) is 4.47 Å². The Morgan fingerprint density at radius 2 is 2.31 bits per heavy atom. The van der Waals surface area contributed by atoms with Gasteiger partial charge in [0.05, 0.1) is 11.9 Å². The predicted molar refractivity (Wildman–Crippen MR) is 68.0 cm³/mol. The molecule has 4 nitrogen and oxygen atoms in total. The summed E-state index contributed by atoms with van der Waals surface area (Å²) in [6.45, 7) is 0. The van der Waals surface area contributed by atoms with Crippen LogP contribution in [0.2, 0.25) is 0 Å². The van der Waals surface area contributed by atoms with Crippen LogP contribution in [0, 0.1) is 0 Å². The van der Waals surface area contributed by atoms with Crippen LogP contribution in [0.5, 0.6) is 5.88 Å². The van der Waals surface area contributed by atoms with Crippen LogP contribution in [0.4, 0.5) is 5.69 Å². The second kappa shape index (κ2) is 4.63. The molecular formula is C10H7BrN2O2S. The molecule has 0 fully saturated rings. The van der Waals surface area contributed by atoms with Crippen LogP contribution in [0.1, 0.15) is 4.88 Å². The highest BCUT2D eigenvalue weighted by atomic mass is 79.9. The first-order valence-electron chi connectivity index (χ1n) is 4.37. The summed E-state index contributed by atoms with van der Waals surface area (Å²) in [5.74, 6) is -0.145. The number of nitrogens with zero attached hydrogens (tertiary/aromatic N) is 1. The van der Waals surface area contributed by atoms with Crippen molar-refractivity contribution in [1.82, 2.24) is 4.98 Å². The van der Waals surface area contributed by atoms with Gasteiger partial charge in [-0.1, -0.05) is 33.3 Å². The van der Waals surface area contributed by atoms with Gasteiger partial charge in [0.2, 0.25) is 5.88 Å². The summed E-state index contributed by atoms with van der Waals surface area (Å²) >= 11 is 4.25. The van der Waals surface area contributed by atoms with Gasteiger partial charge in [-0.15, -0.1) is 0 Å². The number of aromatic amines is 1. The summed E-state index contributed by atoms with van der Waals surface area (Å²) in [5.41, 5.74) is 0.745. The van der Waals surface area contributed by atoms with Crippen molar-refractivity contribution in [3.8, 4) is 5.88 Å². The van der Waals surface area contributed by atoms with Crippen molar-refractivity contribution in [3.05, 3.63) is 43.3 Å². The number of thiazole rings is 1. The maximum absolute atomic E-state index is 10.9. The topological polar surface area (TPSA) is 65.5 Å². The predicted octanol–water partition coefficient (Wildman–Crippen LogP) is 2.66. The number of halogens is 1. The number of aliphatic imine (C=N–C) groups is 1. The van der Waals surface area contributed by atoms with E-state index in [1.54, 1.807) is 0 Å². The number of H-pyrrole nitrogens is 1. The molecular weight excluding hydrogens is 292 g/mol. The Kier molecular flexibility index (Phi) is 3.21. The largest absolute Gasteiger partial charge is 0.493 e. The van der Waals surface area contributed by atoms with E-state index in [0.717, 1.165) is 21.5 Å². The minimum absolute atomic E-state index is 0.145. The van der Waals surface area contributed by atoms with E-state index in [1.165, 1.54) is 6.21 Å². The fraction of sp³-hybridized carbons (Fsp3) is 0. The van der Waals surface area contributed by atoms with E-state index < -0.39 is 0 Å². The van der Waals surface area contributed by atoms with Crippen molar-refractivity contribution in [2.24, 2.45) is 4.99 Å². The molecule has 0 radical (unpaired) electrons. The summed E-state index contributed by atoms with van der Waals surface area (Å²) in [7, 11) is 0. The van der Waals surface area contributed by atoms with Gasteiger partial charge in [0.15, 0.2) is 0 Å². The minimum atomic E-state index is -0.298. The molecule has 0 amide bonds. The third kappa shape index (κ3) is 2.59. The number of aromatic nitrogens is 1. The van der Waals surface area contributed by atoms with Crippen LogP contribution >= 0.6 is 27.3 Å². The molecule has 0 aliphatic carbocycles. The molecule has 0 bridgehead atoms. The molecule has 0 aliphatic heterocycles. The van der Waals surface area contributed by atoms with Gasteiger partial charge in [-0.3, -0.25) is 14.8 Å². The fourth-order valence-electron chi connectivity index (χ4n) is 1.11. The van der Waals surface area contributed by atoms with E-state index >= 15 is 0 Å². The maximum atomic E-state index is 10.9. The van der Waals surface area contributed by atoms with E-state index in [-0.39, 0.29) is 10.8 Å². The quantitative estimate of drug-likeness (QED) is 0.837. The molecule has 1 heterocycles. The highest BCUT2D eigenvalue weighted by molar-refractivity contribution is 9.10. The van der Waals surface area contributed by atoms with Crippen molar-refractivity contribution < 1.29 is 5.11 Å². The smallest absolute Gasteiger partial charge is 0.307 e. The first-order chi connectivity index (χ1) is 7.65. The highest BCUT2D eigenvalue weighted by Gasteiger charge is 2.02. The summed E-state index contributed by atoms with van der Waals surface area (Å²) in [6.07, 6.45) is 1.46. The number of nitrogens with one attached hydrogen (secondary N) is 1. The number of benzene rings is 1. The zero-order valence-electron chi connectivity index (χ0n) is 7.98. The lowest BCUT2D eigenvalue weighted by Gasteiger charge is -1.93. The first kappa shape index (κ1) is 11.1. The Hall–Kier alpha value is -1.40.